The summed E-state index contributed by atoms with van der Waals surface area (Å²) in [4.78, 5) is 4.30. The lowest BCUT2D eigenvalue weighted by atomic mass is 10.2. The fourth-order valence-corrected chi connectivity index (χ4v) is 1.71. The van der Waals surface area contributed by atoms with Gasteiger partial charge in [0.15, 0.2) is 0 Å². The first-order chi connectivity index (χ1) is 6.29. The number of fused-ring (bicyclic) bond motifs is 1. The average Bonchev–Trinajstić information content (AvgIpc) is 2.17. The van der Waals surface area contributed by atoms with E-state index < -0.39 is 0 Å². The molecule has 1 aromatic carbocycles. The van der Waals surface area contributed by atoms with Gasteiger partial charge in [0.05, 0.1) is 5.52 Å². The summed E-state index contributed by atoms with van der Waals surface area (Å²) >= 11 is 9.11. The summed E-state index contributed by atoms with van der Waals surface area (Å²) in [5, 5.41) is 1.13. The monoisotopic (exact) mass is 255 g/mol. The van der Waals surface area contributed by atoms with Gasteiger partial charge >= 0.3 is 0 Å². The number of hydrogen-bond acceptors (Lipinski definition) is 1. The van der Waals surface area contributed by atoms with Gasteiger partial charge in [-0.2, -0.15) is 0 Å². The molecule has 1 aromatic heterocycles. The first-order valence-electron chi connectivity index (χ1n) is 3.90. The first-order valence-corrected chi connectivity index (χ1v) is 5.22. The normalized spacial score (nSPS) is 10.6. The quantitative estimate of drug-likeness (QED) is 0.708. The van der Waals surface area contributed by atoms with E-state index in [1.165, 1.54) is 0 Å². The smallest absolute Gasteiger partial charge is 0.0713 e. The van der Waals surface area contributed by atoms with E-state index in [9.17, 15) is 0 Å². The van der Waals surface area contributed by atoms with Crippen LogP contribution in [0.1, 0.15) is 5.56 Å². The molecule has 0 saturated heterocycles. The molecule has 2 aromatic rings. The van der Waals surface area contributed by atoms with Crippen LogP contribution < -0.4 is 0 Å². The largest absolute Gasteiger partial charge is 0.256 e. The Kier molecular flexibility index (Phi) is 2.51. The van der Waals surface area contributed by atoms with Crippen molar-refractivity contribution in [2.24, 2.45) is 0 Å². The molecule has 66 valence electrons. The van der Waals surface area contributed by atoms with E-state index in [0.717, 1.165) is 20.9 Å². The van der Waals surface area contributed by atoms with Crippen molar-refractivity contribution in [1.82, 2.24) is 4.98 Å². The van der Waals surface area contributed by atoms with Crippen molar-refractivity contribution >= 4 is 38.4 Å². The van der Waals surface area contributed by atoms with Crippen molar-refractivity contribution in [3.05, 3.63) is 40.5 Å². The van der Waals surface area contributed by atoms with Gasteiger partial charge in [0.2, 0.25) is 0 Å². The SMILES string of the molecule is ClCc1cnc2cc(Br)ccc2c1. The highest BCUT2D eigenvalue weighted by Crippen LogP contribution is 2.19. The number of halogens is 2. The van der Waals surface area contributed by atoms with Gasteiger partial charge in [0, 0.05) is 21.9 Å². The van der Waals surface area contributed by atoms with Gasteiger partial charge in [-0.25, -0.2) is 0 Å². The third-order valence-electron chi connectivity index (χ3n) is 1.86. The zero-order valence-corrected chi connectivity index (χ0v) is 9.14. The topological polar surface area (TPSA) is 12.9 Å². The second-order valence-electron chi connectivity index (χ2n) is 2.81. The van der Waals surface area contributed by atoms with Crippen molar-refractivity contribution < 1.29 is 0 Å². The molecule has 0 atom stereocenters. The Bertz CT molecular complexity index is 442. The Morgan fingerprint density at radius 3 is 2.92 bits per heavy atom. The van der Waals surface area contributed by atoms with Crippen LogP contribution in [0, 0.1) is 0 Å². The molecule has 0 fully saturated rings. The van der Waals surface area contributed by atoms with Gasteiger partial charge in [-0.05, 0) is 23.8 Å². The molecule has 0 saturated carbocycles. The van der Waals surface area contributed by atoms with E-state index in [1.54, 1.807) is 0 Å². The third-order valence-corrected chi connectivity index (χ3v) is 2.66. The Balaban J connectivity index is 2.66. The fourth-order valence-electron chi connectivity index (χ4n) is 1.21. The van der Waals surface area contributed by atoms with Gasteiger partial charge < -0.3 is 0 Å². The van der Waals surface area contributed by atoms with E-state index in [4.69, 9.17) is 11.6 Å². The summed E-state index contributed by atoms with van der Waals surface area (Å²) in [6, 6.07) is 8.08. The van der Waals surface area contributed by atoms with E-state index in [1.807, 2.05) is 24.4 Å². The molecule has 3 heteroatoms. The minimum atomic E-state index is 0.513. The molecule has 0 bridgehead atoms. The standard InChI is InChI=1S/C10H7BrClN/c11-9-2-1-8-3-7(5-12)6-13-10(8)4-9/h1-4,6H,5H2. The van der Waals surface area contributed by atoms with Crippen molar-refractivity contribution in [3.8, 4) is 0 Å². The predicted octanol–water partition coefficient (Wildman–Crippen LogP) is 3.74. The lowest BCUT2D eigenvalue weighted by Gasteiger charge is -1.99. The molecule has 0 aliphatic heterocycles. The zero-order valence-electron chi connectivity index (χ0n) is 6.80. The molecule has 0 radical (unpaired) electrons. The van der Waals surface area contributed by atoms with Crippen LogP contribution in [0.3, 0.4) is 0 Å². The summed E-state index contributed by atoms with van der Waals surface area (Å²) in [5.41, 5.74) is 2.04. The maximum absolute atomic E-state index is 5.71. The average molecular weight is 257 g/mol. The highest BCUT2D eigenvalue weighted by Gasteiger charge is 1.97. The minimum absolute atomic E-state index is 0.513. The van der Waals surface area contributed by atoms with Crippen LogP contribution >= 0.6 is 27.5 Å². The van der Waals surface area contributed by atoms with Crippen LogP contribution in [0.2, 0.25) is 0 Å². The number of benzene rings is 1. The lowest BCUT2D eigenvalue weighted by molar-refractivity contribution is 1.30. The molecule has 0 aliphatic carbocycles. The van der Waals surface area contributed by atoms with E-state index in [0.29, 0.717) is 5.88 Å². The Morgan fingerprint density at radius 2 is 2.15 bits per heavy atom. The number of nitrogens with zero attached hydrogens (tertiary/aromatic N) is 1. The number of pyridine rings is 1. The second-order valence-corrected chi connectivity index (χ2v) is 4.00. The summed E-state index contributed by atoms with van der Waals surface area (Å²) in [6.45, 7) is 0. The van der Waals surface area contributed by atoms with Crippen molar-refractivity contribution in [3.63, 3.8) is 0 Å². The van der Waals surface area contributed by atoms with Gasteiger partial charge in [-0.3, -0.25) is 4.98 Å². The molecular weight excluding hydrogens is 249 g/mol. The van der Waals surface area contributed by atoms with Crippen LogP contribution in [0.15, 0.2) is 34.9 Å². The molecule has 0 amide bonds. The van der Waals surface area contributed by atoms with Crippen molar-refractivity contribution in [2.75, 3.05) is 0 Å². The van der Waals surface area contributed by atoms with Gasteiger partial charge in [-0.15, -0.1) is 11.6 Å². The van der Waals surface area contributed by atoms with Crippen LogP contribution in [0.25, 0.3) is 10.9 Å². The van der Waals surface area contributed by atoms with Gasteiger partial charge in [0.25, 0.3) is 0 Å². The van der Waals surface area contributed by atoms with E-state index in [-0.39, 0.29) is 0 Å². The zero-order chi connectivity index (χ0) is 9.26. The highest BCUT2D eigenvalue weighted by molar-refractivity contribution is 9.10. The molecule has 13 heavy (non-hydrogen) atoms. The third kappa shape index (κ3) is 1.84. The predicted molar refractivity (Wildman–Crippen MR) is 59.0 cm³/mol. The number of alkyl halides is 1. The number of rotatable bonds is 1. The maximum atomic E-state index is 5.71. The van der Waals surface area contributed by atoms with Crippen LogP contribution in [-0.4, -0.2) is 4.98 Å². The summed E-state index contributed by atoms with van der Waals surface area (Å²) in [6.07, 6.45) is 1.81. The molecular formula is C10H7BrClN. The Labute approximate surface area is 89.9 Å². The van der Waals surface area contributed by atoms with Crippen LogP contribution in [0.4, 0.5) is 0 Å². The van der Waals surface area contributed by atoms with Crippen molar-refractivity contribution in [2.45, 2.75) is 5.88 Å². The summed E-state index contributed by atoms with van der Waals surface area (Å²) in [5.74, 6) is 0.513. The number of hydrogen-bond donors (Lipinski definition) is 0. The van der Waals surface area contributed by atoms with Crippen LogP contribution in [0.5, 0.6) is 0 Å². The van der Waals surface area contributed by atoms with Gasteiger partial charge in [-0.1, -0.05) is 22.0 Å². The van der Waals surface area contributed by atoms with E-state index in [2.05, 4.69) is 27.0 Å². The fraction of sp³-hybridized carbons (Fsp3) is 0.100. The van der Waals surface area contributed by atoms with E-state index >= 15 is 0 Å². The summed E-state index contributed by atoms with van der Waals surface area (Å²) < 4.78 is 1.05. The van der Waals surface area contributed by atoms with Crippen molar-refractivity contribution in [1.29, 1.82) is 0 Å². The number of aromatic nitrogens is 1. The molecule has 1 heterocycles. The first kappa shape index (κ1) is 8.97. The molecule has 0 spiro atoms. The molecule has 0 aliphatic rings. The molecule has 2 rings (SSSR count). The molecule has 0 unspecified atom stereocenters. The maximum Gasteiger partial charge on any atom is 0.0713 e. The minimum Gasteiger partial charge on any atom is -0.256 e. The second kappa shape index (κ2) is 3.64. The lowest BCUT2D eigenvalue weighted by Crippen LogP contribution is -1.83. The molecule has 0 N–H and O–H groups in total. The summed E-state index contributed by atoms with van der Waals surface area (Å²) in [7, 11) is 0. The Morgan fingerprint density at radius 1 is 1.31 bits per heavy atom. The van der Waals surface area contributed by atoms with Crippen LogP contribution in [-0.2, 0) is 5.88 Å². The molecule has 1 nitrogen and oxygen atoms in total. The highest BCUT2D eigenvalue weighted by atomic mass is 79.9. The van der Waals surface area contributed by atoms with Gasteiger partial charge in [0.1, 0.15) is 0 Å². The Hall–Kier alpha value is -0.600.